The molecule has 0 saturated heterocycles. The maximum atomic E-state index is 11.0. The maximum absolute atomic E-state index is 11.0. The molecule has 15 heavy (non-hydrogen) atoms. The van der Waals surface area contributed by atoms with Gasteiger partial charge in [-0.3, -0.25) is 4.55 Å². The molecule has 0 aliphatic rings. The Hall–Kier alpha value is -0.870. The zero-order chi connectivity index (χ0) is 11.6. The second-order valence-corrected chi connectivity index (χ2v) is 4.97. The van der Waals surface area contributed by atoms with Gasteiger partial charge in [0.15, 0.2) is 0 Å². The molecular formula is C11H16O3S. The molecule has 0 fully saturated rings. The Morgan fingerprint density at radius 2 is 1.53 bits per heavy atom. The maximum Gasteiger partial charge on any atom is 0.294 e. The zero-order valence-electron chi connectivity index (χ0n) is 9.24. The van der Waals surface area contributed by atoms with Crippen molar-refractivity contribution in [2.24, 2.45) is 0 Å². The van der Waals surface area contributed by atoms with Gasteiger partial charge >= 0.3 is 0 Å². The summed E-state index contributed by atoms with van der Waals surface area (Å²) in [5, 5.41) is 0. The van der Waals surface area contributed by atoms with Gasteiger partial charge in [0.05, 0.1) is 4.90 Å². The van der Waals surface area contributed by atoms with E-state index in [1.54, 1.807) is 12.1 Å². The molecule has 0 radical (unpaired) electrons. The van der Waals surface area contributed by atoms with E-state index in [9.17, 15) is 8.42 Å². The standard InChI is InChI=1S/C11H16O3S/c1-4-9-6-11(15(12,13)14)7-10(5-2)8(9)3/h6-7H,4-5H2,1-3H3,(H,12,13,14). The molecule has 1 aromatic rings. The molecule has 0 saturated carbocycles. The van der Waals surface area contributed by atoms with Gasteiger partial charge in [-0.15, -0.1) is 0 Å². The first kappa shape index (κ1) is 12.2. The number of hydrogen-bond acceptors (Lipinski definition) is 2. The Labute approximate surface area is 90.9 Å². The van der Waals surface area contributed by atoms with Crippen molar-refractivity contribution in [3.05, 3.63) is 28.8 Å². The van der Waals surface area contributed by atoms with Gasteiger partial charge in [-0.25, -0.2) is 0 Å². The highest BCUT2D eigenvalue weighted by molar-refractivity contribution is 7.85. The summed E-state index contributed by atoms with van der Waals surface area (Å²) in [6.45, 7) is 5.91. The summed E-state index contributed by atoms with van der Waals surface area (Å²) in [5.74, 6) is 0. The molecule has 0 bridgehead atoms. The summed E-state index contributed by atoms with van der Waals surface area (Å²) in [7, 11) is -4.08. The minimum Gasteiger partial charge on any atom is -0.282 e. The molecule has 84 valence electrons. The predicted molar refractivity (Wildman–Crippen MR) is 59.7 cm³/mol. The van der Waals surface area contributed by atoms with Gasteiger partial charge in [-0.1, -0.05) is 13.8 Å². The lowest BCUT2D eigenvalue weighted by molar-refractivity contribution is 0.483. The molecule has 0 unspecified atom stereocenters. The van der Waals surface area contributed by atoms with E-state index in [0.29, 0.717) is 0 Å². The average molecular weight is 228 g/mol. The van der Waals surface area contributed by atoms with Crippen molar-refractivity contribution >= 4 is 10.1 Å². The van der Waals surface area contributed by atoms with Crippen molar-refractivity contribution < 1.29 is 13.0 Å². The monoisotopic (exact) mass is 228 g/mol. The van der Waals surface area contributed by atoms with Gasteiger partial charge in [-0.05, 0) is 48.6 Å². The minimum absolute atomic E-state index is 0.00167. The van der Waals surface area contributed by atoms with Gasteiger partial charge in [-0.2, -0.15) is 8.42 Å². The van der Waals surface area contributed by atoms with Crippen LogP contribution in [0.15, 0.2) is 17.0 Å². The number of hydrogen-bond donors (Lipinski definition) is 1. The molecule has 1 rings (SSSR count). The molecule has 0 aliphatic heterocycles. The van der Waals surface area contributed by atoms with Crippen molar-refractivity contribution in [1.29, 1.82) is 0 Å². The first-order chi connectivity index (χ1) is 6.90. The van der Waals surface area contributed by atoms with Gasteiger partial charge in [0.2, 0.25) is 0 Å². The lowest BCUT2D eigenvalue weighted by atomic mass is 9.99. The van der Waals surface area contributed by atoms with Crippen LogP contribution in [0.5, 0.6) is 0 Å². The van der Waals surface area contributed by atoms with E-state index < -0.39 is 10.1 Å². The highest BCUT2D eigenvalue weighted by Crippen LogP contribution is 2.21. The second kappa shape index (κ2) is 4.33. The van der Waals surface area contributed by atoms with Gasteiger partial charge in [0.1, 0.15) is 0 Å². The summed E-state index contributed by atoms with van der Waals surface area (Å²) in [5.41, 5.74) is 3.07. The first-order valence-corrected chi connectivity index (χ1v) is 6.44. The summed E-state index contributed by atoms with van der Waals surface area (Å²) >= 11 is 0. The van der Waals surface area contributed by atoms with Gasteiger partial charge in [0, 0.05) is 0 Å². The molecule has 1 N–H and O–H groups in total. The van der Waals surface area contributed by atoms with Crippen LogP contribution < -0.4 is 0 Å². The summed E-state index contributed by atoms with van der Waals surface area (Å²) in [6, 6.07) is 3.09. The lowest BCUT2D eigenvalue weighted by Crippen LogP contribution is -2.03. The van der Waals surface area contributed by atoms with Crippen LogP contribution >= 0.6 is 0 Å². The lowest BCUT2D eigenvalue weighted by Gasteiger charge is -2.10. The van der Waals surface area contributed by atoms with E-state index >= 15 is 0 Å². The Bertz CT molecular complexity index is 436. The normalized spacial score (nSPS) is 11.7. The van der Waals surface area contributed by atoms with E-state index in [-0.39, 0.29) is 4.90 Å². The highest BCUT2D eigenvalue weighted by Gasteiger charge is 2.13. The van der Waals surface area contributed by atoms with Gasteiger partial charge < -0.3 is 0 Å². The van der Waals surface area contributed by atoms with Crippen molar-refractivity contribution in [2.45, 2.75) is 38.5 Å². The number of aryl methyl sites for hydroxylation is 2. The van der Waals surface area contributed by atoms with Crippen LogP contribution in [0.1, 0.15) is 30.5 Å². The first-order valence-electron chi connectivity index (χ1n) is 5.00. The highest BCUT2D eigenvalue weighted by atomic mass is 32.2. The van der Waals surface area contributed by atoms with Crippen LogP contribution in [0.3, 0.4) is 0 Å². The third-order valence-electron chi connectivity index (χ3n) is 2.66. The molecule has 0 atom stereocenters. The summed E-state index contributed by atoms with van der Waals surface area (Å²) in [4.78, 5) is 0.00167. The molecule has 0 heterocycles. The largest absolute Gasteiger partial charge is 0.294 e. The predicted octanol–water partition coefficient (Wildman–Crippen LogP) is 2.37. The van der Waals surface area contributed by atoms with Crippen molar-refractivity contribution in [1.82, 2.24) is 0 Å². The molecule has 4 heteroatoms. The fraction of sp³-hybridized carbons (Fsp3) is 0.455. The third kappa shape index (κ3) is 2.58. The fourth-order valence-corrected chi connectivity index (χ4v) is 2.27. The summed E-state index contributed by atoms with van der Waals surface area (Å²) < 4.78 is 31.1. The molecular weight excluding hydrogens is 212 g/mol. The van der Waals surface area contributed by atoms with Gasteiger partial charge in [0.25, 0.3) is 10.1 Å². The minimum atomic E-state index is -4.08. The zero-order valence-corrected chi connectivity index (χ0v) is 10.1. The number of benzene rings is 1. The average Bonchev–Trinajstić information content (AvgIpc) is 2.16. The van der Waals surface area contributed by atoms with Crippen molar-refractivity contribution in [2.75, 3.05) is 0 Å². The van der Waals surface area contributed by atoms with Crippen LogP contribution in [0.25, 0.3) is 0 Å². The van der Waals surface area contributed by atoms with Crippen LogP contribution in [0.4, 0.5) is 0 Å². The fourth-order valence-electron chi connectivity index (χ4n) is 1.69. The number of rotatable bonds is 3. The molecule has 0 aromatic heterocycles. The third-order valence-corrected chi connectivity index (χ3v) is 3.49. The van der Waals surface area contributed by atoms with Crippen LogP contribution in [0, 0.1) is 6.92 Å². The second-order valence-electron chi connectivity index (χ2n) is 3.55. The van der Waals surface area contributed by atoms with Crippen molar-refractivity contribution in [3.8, 4) is 0 Å². The van der Waals surface area contributed by atoms with E-state index in [0.717, 1.165) is 29.5 Å². The van der Waals surface area contributed by atoms with E-state index in [1.807, 2.05) is 20.8 Å². The Morgan fingerprint density at radius 1 is 1.13 bits per heavy atom. The molecule has 1 aromatic carbocycles. The topological polar surface area (TPSA) is 54.4 Å². The smallest absolute Gasteiger partial charge is 0.282 e. The Balaban J connectivity index is 3.47. The molecule has 0 aliphatic carbocycles. The van der Waals surface area contributed by atoms with Crippen LogP contribution in [0.2, 0.25) is 0 Å². The Morgan fingerprint density at radius 3 is 1.80 bits per heavy atom. The van der Waals surface area contributed by atoms with Crippen LogP contribution in [-0.4, -0.2) is 13.0 Å². The van der Waals surface area contributed by atoms with Crippen LogP contribution in [-0.2, 0) is 23.0 Å². The quantitative estimate of drug-likeness (QED) is 0.808. The van der Waals surface area contributed by atoms with E-state index in [1.165, 1.54) is 0 Å². The van der Waals surface area contributed by atoms with E-state index in [4.69, 9.17) is 4.55 Å². The molecule has 3 nitrogen and oxygen atoms in total. The van der Waals surface area contributed by atoms with Crippen molar-refractivity contribution in [3.63, 3.8) is 0 Å². The SMILES string of the molecule is CCc1cc(S(=O)(=O)O)cc(CC)c1C. The van der Waals surface area contributed by atoms with E-state index in [2.05, 4.69) is 0 Å². The molecule has 0 spiro atoms. The molecule has 0 amide bonds. The summed E-state index contributed by atoms with van der Waals surface area (Å²) in [6.07, 6.45) is 1.53. The Kier molecular flexibility index (Phi) is 3.52.